The van der Waals surface area contributed by atoms with Gasteiger partial charge in [0, 0.05) is 6.20 Å². The highest BCUT2D eigenvalue weighted by molar-refractivity contribution is 7.89. The number of benzene rings is 1. The smallest absolute Gasteiger partial charge is 0.242 e. The topological polar surface area (TPSA) is 112 Å². The number of hydrogen-bond donors (Lipinski definition) is 2. The van der Waals surface area contributed by atoms with Gasteiger partial charge in [0.15, 0.2) is 0 Å². The van der Waals surface area contributed by atoms with Crippen molar-refractivity contribution in [1.29, 1.82) is 5.26 Å². The van der Waals surface area contributed by atoms with E-state index < -0.39 is 22.5 Å². The molecule has 0 radical (unpaired) electrons. The Labute approximate surface area is 134 Å². The maximum Gasteiger partial charge on any atom is 0.242 e. The van der Waals surface area contributed by atoms with E-state index in [1.165, 1.54) is 18.2 Å². The molecule has 1 heterocycles. The Bertz CT molecular complexity index is 829. The third kappa shape index (κ3) is 4.60. The molecule has 0 fully saturated rings. The van der Waals surface area contributed by atoms with Gasteiger partial charge in [-0.05, 0) is 24.3 Å². The number of nitrogens with zero attached hydrogens (tertiary/aromatic N) is 2. The van der Waals surface area contributed by atoms with Crippen LogP contribution in [-0.4, -0.2) is 25.9 Å². The van der Waals surface area contributed by atoms with Crippen LogP contribution in [0.4, 0.5) is 0 Å². The maximum atomic E-state index is 12.1. The summed E-state index contributed by atoms with van der Waals surface area (Å²) in [5, 5.41) is 11.5. The number of carbonyl (C=O) groups excluding carboxylic acids is 1. The summed E-state index contributed by atoms with van der Waals surface area (Å²) in [5.41, 5.74) is 0.687. The third-order valence-corrected chi connectivity index (χ3v) is 4.37. The summed E-state index contributed by atoms with van der Waals surface area (Å²) in [7, 11) is -3.93. The van der Waals surface area contributed by atoms with Gasteiger partial charge in [0.1, 0.15) is 6.07 Å². The van der Waals surface area contributed by atoms with E-state index in [1.54, 1.807) is 30.5 Å². The number of hydrogen-bond acceptors (Lipinski definition) is 5. The fourth-order valence-electron chi connectivity index (χ4n) is 1.79. The van der Waals surface area contributed by atoms with Crippen molar-refractivity contribution < 1.29 is 13.2 Å². The molecule has 1 aromatic heterocycles. The predicted molar refractivity (Wildman–Crippen MR) is 82.4 cm³/mol. The lowest BCUT2D eigenvalue weighted by atomic mass is 10.2. The van der Waals surface area contributed by atoms with E-state index in [2.05, 4.69) is 15.0 Å². The van der Waals surface area contributed by atoms with E-state index in [4.69, 9.17) is 5.26 Å². The molecule has 1 amide bonds. The summed E-state index contributed by atoms with van der Waals surface area (Å²) in [5.74, 6) is -0.492. The van der Waals surface area contributed by atoms with Crippen molar-refractivity contribution in [2.24, 2.45) is 0 Å². The highest BCUT2D eigenvalue weighted by Gasteiger charge is 2.18. The van der Waals surface area contributed by atoms with E-state index in [1.807, 2.05) is 6.07 Å². The van der Waals surface area contributed by atoms with Crippen molar-refractivity contribution in [3.05, 3.63) is 59.9 Å². The van der Waals surface area contributed by atoms with Gasteiger partial charge in [-0.25, -0.2) is 13.1 Å². The molecular formula is C15H14N4O3S. The number of aromatic nitrogens is 1. The van der Waals surface area contributed by atoms with Gasteiger partial charge in [0.05, 0.1) is 29.2 Å². The van der Waals surface area contributed by atoms with Gasteiger partial charge < -0.3 is 5.32 Å². The first-order chi connectivity index (χ1) is 11.0. The lowest BCUT2D eigenvalue weighted by Crippen LogP contribution is -2.36. The van der Waals surface area contributed by atoms with Gasteiger partial charge in [0.25, 0.3) is 0 Å². The van der Waals surface area contributed by atoms with Gasteiger partial charge in [-0.15, -0.1) is 0 Å². The van der Waals surface area contributed by atoms with Crippen molar-refractivity contribution >= 4 is 15.9 Å². The SMILES string of the molecule is N#Cc1ccccc1S(=O)(=O)NCC(=O)NCc1ccccn1. The number of nitriles is 1. The standard InChI is InChI=1S/C15H14N4O3S/c16-9-12-5-1-2-7-14(12)23(21,22)19-11-15(20)18-10-13-6-3-4-8-17-13/h1-8,19H,10-11H2,(H,18,20). The van der Waals surface area contributed by atoms with Crippen LogP contribution in [-0.2, 0) is 21.4 Å². The largest absolute Gasteiger partial charge is 0.349 e. The van der Waals surface area contributed by atoms with Crippen LogP contribution in [0.2, 0.25) is 0 Å². The monoisotopic (exact) mass is 330 g/mol. The zero-order valence-electron chi connectivity index (χ0n) is 12.1. The second-order valence-corrected chi connectivity index (χ2v) is 6.27. The fourth-order valence-corrected chi connectivity index (χ4v) is 2.92. The lowest BCUT2D eigenvalue weighted by molar-refractivity contribution is -0.120. The Morgan fingerprint density at radius 2 is 1.91 bits per heavy atom. The zero-order valence-corrected chi connectivity index (χ0v) is 12.9. The molecule has 118 valence electrons. The third-order valence-electron chi connectivity index (χ3n) is 2.91. The number of pyridine rings is 1. The van der Waals surface area contributed by atoms with Crippen LogP contribution in [0.1, 0.15) is 11.3 Å². The minimum atomic E-state index is -3.93. The quantitative estimate of drug-likeness (QED) is 0.803. The van der Waals surface area contributed by atoms with E-state index in [9.17, 15) is 13.2 Å². The molecule has 0 saturated carbocycles. The first-order valence-electron chi connectivity index (χ1n) is 6.68. The lowest BCUT2D eigenvalue weighted by Gasteiger charge is -2.08. The molecule has 0 aliphatic heterocycles. The molecule has 23 heavy (non-hydrogen) atoms. The van der Waals surface area contributed by atoms with Crippen molar-refractivity contribution in [3.8, 4) is 6.07 Å². The molecule has 0 unspecified atom stereocenters. The highest BCUT2D eigenvalue weighted by atomic mass is 32.2. The van der Waals surface area contributed by atoms with Crippen LogP contribution in [0.5, 0.6) is 0 Å². The molecule has 2 N–H and O–H groups in total. The Hall–Kier alpha value is -2.76. The molecule has 0 bridgehead atoms. The molecule has 1 aromatic carbocycles. The Morgan fingerprint density at radius 1 is 1.17 bits per heavy atom. The van der Waals surface area contributed by atoms with Crippen molar-refractivity contribution in [1.82, 2.24) is 15.0 Å². The first kappa shape index (κ1) is 16.6. The molecule has 0 spiro atoms. The number of rotatable bonds is 6. The number of amides is 1. The molecular weight excluding hydrogens is 316 g/mol. The molecule has 2 rings (SSSR count). The Kier molecular flexibility index (Phi) is 5.41. The Balaban J connectivity index is 1.94. The van der Waals surface area contributed by atoms with E-state index >= 15 is 0 Å². The minimum Gasteiger partial charge on any atom is -0.349 e. The molecule has 7 nitrogen and oxygen atoms in total. The van der Waals surface area contributed by atoms with Crippen LogP contribution in [0.15, 0.2) is 53.6 Å². The number of carbonyl (C=O) groups is 1. The summed E-state index contributed by atoms with van der Waals surface area (Å²) in [6, 6.07) is 12.9. The maximum absolute atomic E-state index is 12.1. The van der Waals surface area contributed by atoms with Gasteiger partial charge >= 0.3 is 0 Å². The van der Waals surface area contributed by atoms with Crippen LogP contribution in [0, 0.1) is 11.3 Å². The number of nitrogens with one attached hydrogen (secondary N) is 2. The summed E-state index contributed by atoms with van der Waals surface area (Å²) < 4.78 is 26.4. The van der Waals surface area contributed by atoms with Gasteiger partial charge in [-0.2, -0.15) is 5.26 Å². The summed E-state index contributed by atoms with van der Waals surface area (Å²) >= 11 is 0. The van der Waals surface area contributed by atoms with Gasteiger partial charge in [-0.1, -0.05) is 18.2 Å². The first-order valence-corrected chi connectivity index (χ1v) is 8.16. The van der Waals surface area contributed by atoms with Crippen molar-refractivity contribution in [2.75, 3.05) is 6.54 Å². The highest BCUT2D eigenvalue weighted by Crippen LogP contribution is 2.13. The number of sulfonamides is 1. The minimum absolute atomic E-state index is 0.0221. The zero-order chi connectivity index (χ0) is 16.7. The average Bonchev–Trinajstić information content (AvgIpc) is 2.59. The van der Waals surface area contributed by atoms with Gasteiger partial charge in [-0.3, -0.25) is 9.78 Å². The molecule has 0 aliphatic rings. The second kappa shape index (κ2) is 7.49. The van der Waals surface area contributed by atoms with Gasteiger partial charge in [0.2, 0.25) is 15.9 Å². The molecule has 2 aromatic rings. The summed E-state index contributed by atoms with van der Waals surface area (Å²) in [4.78, 5) is 15.6. The normalized spacial score (nSPS) is 10.7. The van der Waals surface area contributed by atoms with E-state index in [-0.39, 0.29) is 17.0 Å². The Morgan fingerprint density at radius 3 is 2.61 bits per heavy atom. The van der Waals surface area contributed by atoms with Crippen LogP contribution >= 0.6 is 0 Å². The van der Waals surface area contributed by atoms with E-state index in [0.29, 0.717) is 5.69 Å². The molecule has 0 aliphatic carbocycles. The molecule has 8 heteroatoms. The van der Waals surface area contributed by atoms with Crippen molar-refractivity contribution in [2.45, 2.75) is 11.4 Å². The van der Waals surface area contributed by atoms with Crippen LogP contribution in [0.25, 0.3) is 0 Å². The summed E-state index contributed by atoms with van der Waals surface area (Å²) in [6.07, 6.45) is 1.60. The van der Waals surface area contributed by atoms with Crippen molar-refractivity contribution in [3.63, 3.8) is 0 Å². The molecule has 0 atom stereocenters. The van der Waals surface area contributed by atoms with Crippen LogP contribution < -0.4 is 10.0 Å². The second-order valence-electron chi connectivity index (χ2n) is 4.53. The summed E-state index contributed by atoms with van der Waals surface area (Å²) in [6.45, 7) is -0.217. The fraction of sp³-hybridized carbons (Fsp3) is 0.133. The molecule has 0 saturated heterocycles. The average molecular weight is 330 g/mol. The van der Waals surface area contributed by atoms with Crippen LogP contribution in [0.3, 0.4) is 0 Å². The predicted octanol–water partition coefficient (Wildman–Crippen LogP) is 0.548. The van der Waals surface area contributed by atoms with E-state index in [0.717, 1.165) is 0 Å².